The van der Waals surface area contributed by atoms with E-state index in [1.165, 1.54) is 13.2 Å². The highest BCUT2D eigenvalue weighted by Gasteiger charge is 2.15. The maximum absolute atomic E-state index is 13.5. The Labute approximate surface area is 83.3 Å². The van der Waals surface area contributed by atoms with Gasteiger partial charge in [0.1, 0.15) is 11.9 Å². The molecule has 78 valence electrons. The lowest BCUT2D eigenvalue weighted by atomic mass is 10.0. The third kappa shape index (κ3) is 2.30. The number of hydrogen-bond donors (Lipinski definition) is 1. The summed E-state index contributed by atoms with van der Waals surface area (Å²) in [6, 6.07) is 3.26. The molecule has 0 amide bonds. The smallest absolute Gasteiger partial charge is 0.129 e. The molecule has 1 aromatic carbocycles. The molecule has 14 heavy (non-hydrogen) atoms. The van der Waals surface area contributed by atoms with Crippen LogP contribution >= 0.6 is 0 Å². The van der Waals surface area contributed by atoms with Crippen molar-refractivity contribution in [3.05, 3.63) is 34.6 Å². The fourth-order valence-corrected chi connectivity index (χ4v) is 1.59. The largest absolute Gasteiger partial charge is 0.386 e. The summed E-state index contributed by atoms with van der Waals surface area (Å²) in [6.07, 6.45) is -0.888. The Balaban J connectivity index is 3.07. The van der Waals surface area contributed by atoms with E-state index < -0.39 is 6.10 Å². The van der Waals surface area contributed by atoms with Gasteiger partial charge in [0.15, 0.2) is 0 Å². The van der Waals surface area contributed by atoms with Crippen LogP contribution in [0.4, 0.5) is 4.39 Å². The molecule has 0 saturated heterocycles. The van der Waals surface area contributed by atoms with Crippen molar-refractivity contribution in [1.82, 2.24) is 0 Å². The number of aryl methyl sites for hydroxylation is 2. The molecule has 0 aromatic heterocycles. The van der Waals surface area contributed by atoms with Gasteiger partial charge in [-0.25, -0.2) is 4.39 Å². The molecule has 0 aliphatic carbocycles. The zero-order chi connectivity index (χ0) is 10.7. The fourth-order valence-electron chi connectivity index (χ4n) is 1.59. The van der Waals surface area contributed by atoms with Gasteiger partial charge in [-0.15, -0.1) is 0 Å². The zero-order valence-electron chi connectivity index (χ0n) is 8.67. The number of hydrogen-bond acceptors (Lipinski definition) is 2. The molecule has 0 saturated carbocycles. The number of benzene rings is 1. The van der Waals surface area contributed by atoms with Gasteiger partial charge in [0, 0.05) is 12.7 Å². The summed E-state index contributed by atoms with van der Waals surface area (Å²) in [7, 11) is 1.48. The lowest BCUT2D eigenvalue weighted by Crippen LogP contribution is -2.09. The second kappa shape index (κ2) is 4.53. The second-order valence-electron chi connectivity index (χ2n) is 3.45. The summed E-state index contributed by atoms with van der Waals surface area (Å²) in [5, 5.41) is 9.61. The van der Waals surface area contributed by atoms with Crippen LogP contribution in [0.5, 0.6) is 0 Å². The molecule has 0 radical (unpaired) electrons. The van der Waals surface area contributed by atoms with Crippen LogP contribution in [0, 0.1) is 19.7 Å². The van der Waals surface area contributed by atoms with E-state index in [9.17, 15) is 9.50 Å². The Morgan fingerprint density at radius 3 is 2.57 bits per heavy atom. The van der Waals surface area contributed by atoms with Crippen LogP contribution in [0.25, 0.3) is 0 Å². The highest BCUT2D eigenvalue weighted by atomic mass is 19.1. The van der Waals surface area contributed by atoms with Crippen molar-refractivity contribution in [2.45, 2.75) is 20.0 Å². The van der Waals surface area contributed by atoms with Crippen LogP contribution in [-0.2, 0) is 4.74 Å². The molecule has 1 atom stereocenters. The quantitative estimate of drug-likeness (QED) is 0.806. The zero-order valence-corrected chi connectivity index (χ0v) is 8.67. The van der Waals surface area contributed by atoms with Gasteiger partial charge in [-0.2, -0.15) is 0 Å². The van der Waals surface area contributed by atoms with Crippen molar-refractivity contribution in [2.75, 3.05) is 13.7 Å². The summed E-state index contributed by atoms with van der Waals surface area (Å²) >= 11 is 0. The Hall–Kier alpha value is -0.930. The minimum Gasteiger partial charge on any atom is -0.386 e. The number of rotatable bonds is 3. The SMILES string of the molecule is COCC(O)c1c(C)cc(C)cc1F. The fraction of sp³-hybridized carbons (Fsp3) is 0.455. The van der Waals surface area contributed by atoms with Gasteiger partial charge in [0.25, 0.3) is 0 Å². The van der Waals surface area contributed by atoms with E-state index in [-0.39, 0.29) is 12.4 Å². The number of ether oxygens (including phenoxy) is 1. The van der Waals surface area contributed by atoms with Crippen LogP contribution in [0.15, 0.2) is 12.1 Å². The standard InChI is InChI=1S/C11H15FO2/c1-7-4-8(2)11(9(12)5-7)10(13)6-14-3/h4-5,10,13H,6H2,1-3H3. The maximum Gasteiger partial charge on any atom is 0.129 e. The van der Waals surface area contributed by atoms with Gasteiger partial charge < -0.3 is 9.84 Å². The molecule has 1 rings (SSSR count). The molecule has 1 unspecified atom stereocenters. The monoisotopic (exact) mass is 198 g/mol. The van der Waals surface area contributed by atoms with E-state index in [0.717, 1.165) is 11.1 Å². The Morgan fingerprint density at radius 2 is 2.07 bits per heavy atom. The van der Waals surface area contributed by atoms with Gasteiger partial charge in [-0.05, 0) is 31.0 Å². The van der Waals surface area contributed by atoms with Crippen molar-refractivity contribution >= 4 is 0 Å². The Bertz CT molecular complexity index is 300. The molecule has 2 nitrogen and oxygen atoms in total. The molecule has 0 heterocycles. The molecule has 3 heteroatoms. The third-order valence-corrected chi connectivity index (χ3v) is 2.14. The molecule has 0 fully saturated rings. The van der Waals surface area contributed by atoms with Gasteiger partial charge in [-0.3, -0.25) is 0 Å². The lowest BCUT2D eigenvalue weighted by Gasteiger charge is -2.14. The summed E-state index contributed by atoms with van der Waals surface area (Å²) in [5.41, 5.74) is 1.94. The van der Waals surface area contributed by atoms with E-state index in [4.69, 9.17) is 4.74 Å². The average molecular weight is 198 g/mol. The first-order valence-electron chi connectivity index (χ1n) is 4.50. The lowest BCUT2D eigenvalue weighted by molar-refractivity contribution is 0.0617. The number of methoxy groups -OCH3 is 1. The van der Waals surface area contributed by atoms with Crippen LogP contribution in [-0.4, -0.2) is 18.8 Å². The normalized spacial score (nSPS) is 12.9. The van der Waals surface area contributed by atoms with E-state index in [0.29, 0.717) is 5.56 Å². The number of halogens is 1. The summed E-state index contributed by atoms with van der Waals surface area (Å²) < 4.78 is 18.3. The first-order valence-corrected chi connectivity index (χ1v) is 4.50. The van der Waals surface area contributed by atoms with Crippen LogP contribution in [0.2, 0.25) is 0 Å². The van der Waals surface area contributed by atoms with Crippen molar-refractivity contribution < 1.29 is 14.2 Å². The molecule has 0 bridgehead atoms. The minimum atomic E-state index is -0.888. The first kappa shape index (κ1) is 11.1. The molecular formula is C11H15FO2. The Kier molecular flexibility index (Phi) is 3.61. The van der Waals surface area contributed by atoms with Crippen molar-refractivity contribution in [3.63, 3.8) is 0 Å². The minimum absolute atomic E-state index is 0.112. The molecule has 1 N–H and O–H groups in total. The van der Waals surface area contributed by atoms with E-state index in [2.05, 4.69) is 0 Å². The summed E-state index contributed by atoms with van der Waals surface area (Å²) in [4.78, 5) is 0. The van der Waals surface area contributed by atoms with Crippen molar-refractivity contribution in [2.24, 2.45) is 0 Å². The van der Waals surface area contributed by atoms with Gasteiger partial charge in [-0.1, -0.05) is 6.07 Å². The number of aliphatic hydroxyl groups excluding tert-OH is 1. The van der Waals surface area contributed by atoms with Crippen LogP contribution in [0.3, 0.4) is 0 Å². The molecule has 0 spiro atoms. The van der Waals surface area contributed by atoms with E-state index in [1.807, 2.05) is 13.0 Å². The molecule has 0 aliphatic rings. The average Bonchev–Trinajstić information content (AvgIpc) is 2.01. The topological polar surface area (TPSA) is 29.5 Å². The Morgan fingerprint density at radius 1 is 1.43 bits per heavy atom. The van der Waals surface area contributed by atoms with Gasteiger partial charge in [0.2, 0.25) is 0 Å². The van der Waals surface area contributed by atoms with Crippen LogP contribution in [0.1, 0.15) is 22.8 Å². The van der Waals surface area contributed by atoms with Crippen LogP contribution < -0.4 is 0 Å². The maximum atomic E-state index is 13.5. The second-order valence-corrected chi connectivity index (χ2v) is 3.45. The summed E-state index contributed by atoms with van der Waals surface area (Å²) in [6.45, 7) is 3.72. The first-order chi connectivity index (χ1) is 6.56. The van der Waals surface area contributed by atoms with Gasteiger partial charge in [0.05, 0.1) is 6.61 Å². The molecule has 1 aromatic rings. The van der Waals surface area contributed by atoms with E-state index >= 15 is 0 Å². The van der Waals surface area contributed by atoms with Gasteiger partial charge >= 0.3 is 0 Å². The molecular weight excluding hydrogens is 183 g/mol. The molecule has 0 aliphatic heterocycles. The third-order valence-electron chi connectivity index (χ3n) is 2.14. The van der Waals surface area contributed by atoms with Crippen molar-refractivity contribution in [1.29, 1.82) is 0 Å². The van der Waals surface area contributed by atoms with Crippen molar-refractivity contribution in [3.8, 4) is 0 Å². The summed E-state index contributed by atoms with van der Waals surface area (Å²) in [5.74, 6) is -0.368. The predicted molar refractivity (Wildman–Crippen MR) is 52.7 cm³/mol. The van der Waals surface area contributed by atoms with E-state index in [1.54, 1.807) is 6.92 Å². The highest BCUT2D eigenvalue weighted by Crippen LogP contribution is 2.22. The highest BCUT2D eigenvalue weighted by molar-refractivity contribution is 5.33. The number of aliphatic hydroxyl groups is 1. The predicted octanol–water partition coefficient (Wildman–Crippen LogP) is 2.12.